The molecule has 3 fully saturated rings. The smallest absolute Gasteiger partial charge is 0.308 e. The molecule has 0 aromatic carbocycles. The van der Waals surface area contributed by atoms with Crippen molar-refractivity contribution < 1.29 is 97.1 Å². The molecule has 12 amide bonds. The molecule has 89 heavy (non-hydrogen) atoms. The zero-order valence-electron chi connectivity index (χ0n) is 51.1. The van der Waals surface area contributed by atoms with Crippen molar-refractivity contribution in [3.63, 3.8) is 0 Å². The Kier molecular flexibility index (Phi) is 30.0. The zero-order valence-corrected chi connectivity index (χ0v) is 51.1. The van der Waals surface area contributed by atoms with E-state index in [1.54, 1.807) is 26.8 Å². The molecule has 33 heteroatoms. The summed E-state index contributed by atoms with van der Waals surface area (Å²) < 4.78 is 0. The first-order chi connectivity index (χ1) is 41.8. The van der Waals surface area contributed by atoms with Crippen molar-refractivity contribution in [1.29, 1.82) is 0 Å². The Bertz CT molecular complexity index is 2670. The van der Waals surface area contributed by atoms with Crippen LogP contribution < -0.4 is 58.9 Å². The van der Waals surface area contributed by atoms with E-state index in [4.69, 9.17) is 5.73 Å². The molecule has 3 heterocycles. The summed E-state index contributed by atoms with van der Waals surface area (Å²) in [5.41, 5.74) is 6.08. The number of piperidine rings is 1. The summed E-state index contributed by atoms with van der Waals surface area (Å²) >= 11 is 0. The van der Waals surface area contributed by atoms with Crippen LogP contribution >= 0.6 is 0 Å². The van der Waals surface area contributed by atoms with E-state index in [1.165, 1.54) is 22.8 Å². The molecule has 16 N–H and O–H groups in total. The van der Waals surface area contributed by atoms with Crippen LogP contribution in [0.1, 0.15) is 132 Å². The van der Waals surface area contributed by atoms with E-state index >= 15 is 0 Å². The molecule has 0 bridgehead atoms. The predicted octanol–water partition coefficient (Wildman–Crippen LogP) is -4.19. The number of hydrogen-bond donors (Lipinski definition) is 15. The van der Waals surface area contributed by atoms with Crippen LogP contribution in [0.4, 0.5) is 0 Å². The second kappa shape index (κ2) is 35.9. The Hall–Kier alpha value is -8.78. The van der Waals surface area contributed by atoms with Crippen molar-refractivity contribution in [1.82, 2.24) is 63.0 Å². The number of carboxylic acids is 4. The van der Waals surface area contributed by atoms with E-state index < -0.39 is 194 Å². The van der Waals surface area contributed by atoms with Gasteiger partial charge in [-0.2, -0.15) is 0 Å². The number of unbranched alkanes of at least 4 members (excludes halogenated alkanes) is 1. The number of nitrogens with one attached hydrogen (secondary N) is 10. The van der Waals surface area contributed by atoms with Gasteiger partial charge < -0.3 is 89.1 Å². The molecular formula is C56H87N13O20. The molecule has 0 spiro atoms. The van der Waals surface area contributed by atoms with Crippen LogP contribution in [0.2, 0.25) is 0 Å². The van der Waals surface area contributed by atoms with Crippen LogP contribution in [-0.2, 0) is 76.7 Å². The van der Waals surface area contributed by atoms with Gasteiger partial charge in [-0.3, -0.25) is 76.7 Å². The summed E-state index contributed by atoms with van der Waals surface area (Å²) in [6.07, 6.45) is 5.79. The van der Waals surface area contributed by atoms with Crippen molar-refractivity contribution >= 4 is 94.8 Å². The van der Waals surface area contributed by atoms with E-state index in [2.05, 4.69) is 45.7 Å². The van der Waals surface area contributed by atoms with Crippen LogP contribution in [0.3, 0.4) is 0 Å². The normalized spacial score (nSPS) is 19.8. The van der Waals surface area contributed by atoms with Gasteiger partial charge in [-0.1, -0.05) is 52.7 Å². The van der Waals surface area contributed by atoms with Gasteiger partial charge in [0.1, 0.15) is 54.4 Å². The quantitative estimate of drug-likeness (QED) is 0.0209. The van der Waals surface area contributed by atoms with E-state index in [9.17, 15) is 97.1 Å². The maximum Gasteiger partial charge on any atom is 0.308 e. The first kappa shape index (κ1) is 74.5. The van der Waals surface area contributed by atoms with Crippen molar-refractivity contribution in [2.75, 3.05) is 26.2 Å². The van der Waals surface area contributed by atoms with Crippen LogP contribution in [-0.4, -0.2) is 218 Å². The fraction of sp³-hybridized carbons (Fsp3) is 0.679. The lowest BCUT2D eigenvalue weighted by Crippen LogP contribution is -2.69. The van der Waals surface area contributed by atoms with Crippen LogP contribution in [0, 0.1) is 17.8 Å². The summed E-state index contributed by atoms with van der Waals surface area (Å²) in [6, 6.07) is -15.5. The molecule has 3 aliphatic rings. The monoisotopic (exact) mass is 1260 g/mol. The van der Waals surface area contributed by atoms with E-state index in [1.807, 2.05) is 21.3 Å². The van der Waals surface area contributed by atoms with Gasteiger partial charge in [-0.25, -0.2) is 0 Å². The number of rotatable bonds is 36. The van der Waals surface area contributed by atoms with Crippen LogP contribution in [0.5, 0.6) is 0 Å². The average molecular weight is 1260 g/mol. The fourth-order valence-electron chi connectivity index (χ4n) is 10.0. The zero-order chi connectivity index (χ0) is 67.0. The molecule has 0 radical (unpaired) electrons. The Balaban J connectivity index is 1.62. The molecule has 3 aliphatic heterocycles. The maximum atomic E-state index is 14.1. The Morgan fingerprint density at radius 2 is 1.15 bits per heavy atom. The molecule has 3 rings (SSSR count). The second-order valence-electron chi connectivity index (χ2n) is 22.9. The van der Waals surface area contributed by atoms with Gasteiger partial charge in [-0.05, 0) is 77.6 Å². The molecular weight excluding hydrogens is 1170 g/mol. The minimum absolute atomic E-state index is 0.127. The lowest BCUT2D eigenvalue weighted by molar-refractivity contribution is -0.152. The fourth-order valence-corrected chi connectivity index (χ4v) is 10.0. The number of aliphatic carboxylic acids is 4. The maximum absolute atomic E-state index is 14.1. The molecule has 0 aromatic rings. The van der Waals surface area contributed by atoms with Gasteiger partial charge >= 0.3 is 23.9 Å². The molecule has 0 saturated carbocycles. The minimum Gasteiger partial charge on any atom is -0.481 e. The summed E-state index contributed by atoms with van der Waals surface area (Å²) in [6.45, 7) is 9.71. The Labute approximate surface area is 513 Å². The molecule has 0 aromatic heterocycles. The summed E-state index contributed by atoms with van der Waals surface area (Å²) in [7, 11) is 0. The number of allylic oxidation sites excluding steroid dienone is 1. The molecule has 0 aliphatic carbocycles. The SMILES string of the molecule is CCC(C)CCC/C=C/CC(=O)NC(CC(=O)O)C(=O)NC(C(=O)NC(CC(=O)O)C(=O)NCC(=O)NC(CC(=O)O)C(=O)NCC(=O)NC(C(=O)NC(C(=O)N1CCCC1C(=O)NC(C)C1NC(=O)C2CCCCN2C1=O)C(C)C)C(C)N)C(C)C(=O)O. The number of carbonyl (C=O) groups excluding carboxylic acids is 12. The highest BCUT2D eigenvalue weighted by atomic mass is 16.4. The minimum atomic E-state index is -2.14. The van der Waals surface area contributed by atoms with Crippen molar-refractivity contribution in [3.05, 3.63) is 12.2 Å². The topological polar surface area (TPSA) is 507 Å². The van der Waals surface area contributed by atoms with Gasteiger partial charge in [-0.15, -0.1) is 0 Å². The molecule has 13 unspecified atom stereocenters. The number of nitrogens with two attached hydrogens (primary N) is 1. The summed E-state index contributed by atoms with van der Waals surface area (Å²) in [5.74, 6) is -20.0. The van der Waals surface area contributed by atoms with Gasteiger partial charge in [0, 0.05) is 25.6 Å². The van der Waals surface area contributed by atoms with Crippen LogP contribution in [0.25, 0.3) is 0 Å². The number of fused-ring (bicyclic) bond motifs is 1. The van der Waals surface area contributed by atoms with Gasteiger partial charge in [0.15, 0.2) is 0 Å². The van der Waals surface area contributed by atoms with Crippen molar-refractivity contribution in [3.8, 4) is 0 Å². The van der Waals surface area contributed by atoms with Crippen LogP contribution in [0.15, 0.2) is 12.2 Å². The number of nitrogens with zero attached hydrogens (tertiary/aromatic N) is 2. The third-order valence-corrected chi connectivity index (χ3v) is 15.3. The highest BCUT2D eigenvalue weighted by Gasteiger charge is 2.46. The Morgan fingerprint density at radius 3 is 1.70 bits per heavy atom. The first-order valence-electron chi connectivity index (χ1n) is 29.6. The number of carbonyl (C=O) groups is 16. The number of piperazine rings is 1. The van der Waals surface area contributed by atoms with Gasteiger partial charge in [0.2, 0.25) is 70.9 Å². The lowest BCUT2D eigenvalue weighted by atomic mass is 9.94. The molecule has 13 atom stereocenters. The highest BCUT2D eigenvalue weighted by molar-refractivity contribution is 6.01. The predicted molar refractivity (Wildman–Crippen MR) is 310 cm³/mol. The first-order valence-corrected chi connectivity index (χ1v) is 29.6. The third kappa shape index (κ3) is 23.7. The number of likely N-dealkylation sites (tertiary alicyclic amines) is 1. The summed E-state index contributed by atoms with van der Waals surface area (Å²) in [4.78, 5) is 211. The average Bonchev–Trinajstić information content (AvgIpc) is 1.82. The Morgan fingerprint density at radius 1 is 0.607 bits per heavy atom. The number of amides is 12. The van der Waals surface area contributed by atoms with Crippen molar-refractivity contribution in [2.45, 2.75) is 198 Å². The molecule has 33 nitrogen and oxygen atoms in total. The largest absolute Gasteiger partial charge is 0.481 e. The highest BCUT2D eigenvalue weighted by Crippen LogP contribution is 2.24. The van der Waals surface area contributed by atoms with E-state index in [-0.39, 0.29) is 31.2 Å². The molecule has 496 valence electrons. The standard InChI is InChI=1S/C56H87N13O20/c1-8-28(4)16-11-9-10-12-19-37(70)61-34(24-42(77)78)49(81)66-44(29(5)56(88)89)52(84)63-33(23-41(75)76)48(80)58-25-38(71)62-32(22-40(73)74)47(79)59-26-39(72)64-45(30(6)57)53(85)65-43(27(2)3)54(86)69-21-15-18-36(69)50(82)60-31(7)46-55(87)68-20-14-13-17-35(68)51(83)67-46/h10,12,27-36,43-46H,8-9,11,13-26,57H2,1-7H3,(H,58,80)(H,59,79)(H,60,82)(H,61,70)(H,62,71)(H,63,84)(H,64,72)(H,65,85)(H,66,81)(H,67,83)(H,73,74)(H,75,76)(H,77,78)(H,88,89)/b12-10+. The third-order valence-electron chi connectivity index (χ3n) is 15.3. The number of carboxylic acid groups (broad SMARTS) is 4. The van der Waals surface area contributed by atoms with E-state index in [0.717, 1.165) is 39.0 Å². The second-order valence-corrected chi connectivity index (χ2v) is 22.9. The van der Waals surface area contributed by atoms with E-state index in [0.29, 0.717) is 31.7 Å². The number of hydrogen-bond acceptors (Lipinski definition) is 17. The summed E-state index contributed by atoms with van der Waals surface area (Å²) in [5, 5.41) is 61.1. The van der Waals surface area contributed by atoms with Gasteiger partial charge in [0.05, 0.1) is 44.3 Å². The lowest BCUT2D eigenvalue weighted by Gasteiger charge is -2.43. The molecule has 3 saturated heterocycles. The van der Waals surface area contributed by atoms with Crippen molar-refractivity contribution in [2.24, 2.45) is 23.5 Å². The van der Waals surface area contributed by atoms with Gasteiger partial charge in [0.25, 0.3) is 0 Å².